The minimum absolute atomic E-state index is 0.0705. The van der Waals surface area contributed by atoms with Crippen LogP contribution in [0.1, 0.15) is 91.4 Å². The zero-order chi connectivity index (χ0) is 18.0. The second-order valence-electron chi connectivity index (χ2n) is 6.25. The highest BCUT2D eigenvalue weighted by molar-refractivity contribution is 5.77. The zero-order valence-electron chi connectivity index (χ0n) is 15.9. The number of rotatable bonds is 15. The number of allylic oxidation sites excluding steroid dienone is 1. The third kappa shape index (κ3) is 15.6. The SMILES string of the molecule is CC/C=C\CCOC(=O)CCC(=O)OC(C)CCCCCCCC. The normalized spacial score (nSPS) is 12.3. The van der Waals surface area contributed by atoms with E-state index in [1.54, 1.807) is 0 Å². The number of esters is 2. The highest BCUT2D eigenvalue weighted by Crippen LogP contribution is 2.11. The predicted molar refractivity (Wildman–Crippen MR) is 97.8 cm³/mol. The van der Waals surface area contributed by atoms with Crippen molar-refractivity contribution in [2.45, 2.75) is 97.5 Å². The fourth-order valence-electron chi connectivity index (χ4n) is 2.36. The van der Waals surface area contributed by atoms with E-state index in [9.17, 15) is 9.59 Å². The zero-order valence-corrected chi connectivity index (χ0v) is 15.9. The first kappa shape index (κ1) is 22.7. The molecule has 0 aromatic heterocycles. The summed E-state index contributed by atoms with van der Waals surface area (Å²) in [5, 5.41) is 0. The van der Waals surface area contributed by atoms with Crippen molar-refractivity contribution >= 4 is 11.9 Å². The van der Waals surface area contributed by atoms with Gasteiger partial charge in [0.05, 0.1) is 25.6 Å². The van der Waals surface area contributed by atoms with Crippen LogP contribution in [0.5, 0.6) is 0 Å². The first-order valence-corrected chi connectivity index (χ1v) is 9.60. The van der Waals surface area contributed by atoms with Crippen LogP contribution in [-0.2, 0) is 19.1 Å². The molecule has 0 aromatic carbocycles. The largest absolute Gasteiger partial charge is 0.465 e. The highest BCUT2D eigenvalue weighted by Gasteiger charge is 2.12. The maximum Gasteiger partial charge on any atom is 0.306 e. The smallest absolute Gasteiger partial charge is 0.306 e. The number of unbranched alkanes of at least 4 members (excludes halogenated alkanes) is 5. The Morgan fingerprint density at radius 3 is 2.29 bits per heavy atom. The van der Waals surface area contributed by atoms with Crippen molar-refractivity contribution in [2.75, 3.05) is 6.61 Å². The standard InChI is InChI=1S/C20H36O4/c1-4-6-8-10-11-12-14-18(3)24-20(22)16-15-19(21)23-17-13-9-7-5-2/h7,9,18H,4-6,8,10-17H2,1-3H3/b9-7-. The molecule has 0 aliphatic rings. The molecule has 0 aromatic rings. The molecule has 0 saturated heterocycles. The molecule has 24 heavy (non-hydrogen) atoms. The van der Waals surface area contributed by atoms with Crippen LogP contribution in [0.4, 0.5) is 0 Å². The Morgan fingerprint density at radius 1 is 0.917 bits per heavy atom. The molecule has 4 heteroatoms. The van der Waals surface area contributed by atoms with Gasteiger partial charge in [-0.2, -0.15) is 0 Å². The molecule has 0 heterocycles. The highest BCUT2D eigenvalue weighted by atomic mass is 16.5. The van der Waals surface area contributed by atoms with Gasteiger partial charge in [-0.3, -0.25) is 9.59 Å². The van der Waals surface area contributed by atoms with Gasteiger partial charge in [-0.25, -0.2) is 0 Å². The lowest BCUT2D eigenvalue weighted by Gasteiger charge is -2.13. The number of hydrogen-bond donors (Lipinski definition) is 0. The third-order valence-electron chi connectivity index (χ3n) is 3.78. The summed E-state index contributed by atoms with van der Waals surface area (Å²) in [4.78, 5) is 23.2. The fraction of sp³-hybridized carbons (Fsp3) is 0.800. The Balaban J connectivity index is 3.58. The number of hydrogen-bond acceptors (Lipinski definition) is 4. The molecule has 0 fully saturated rings. The van der Waals surface area contributed by atoms with Gasteiger partial charge in [-0.1, -0.05) is 58.1 Å². The van der Waals surface area contributed by atoms with Gasteiger partial charge in [0.25, 0.3) is 0 Å². The van der Waals surface area contributed by atoms with E-state index in [0.717, 1.165) is 25.7 Å². The summed E-state index contributed by atoms with van der Waals surface area (Å²) in [7, 11) is 0. The Labute approximate surface area is 148 Å². The number of carbonyl (C=O) groups excluding carboxylic acids is 2. The van der Waals surface area contributed by atoms with Gasteiger partial charge < -0.3 is 9.47 Å². The van der Waals surface area contributed by atoms with Crippen LogP contribution in [-0.4, -0.2) is 24.6 Å². The van der Waals surface area contributed by atoms with Crippen molar-refractivity contribution in [1.29, 1.82) is 0 Å². The molecule has 0 aliphatic heterocycles. The van der Waals surface area contributed by atoms with E-state index in [0.29, 0.717) is 6.61 Å². The molecule has 0 amide bonds. The van der Waals surface area contributed by atoms with Gasteiger partial charge in [-0.05, 0) is 32.6 Å². The van der Waals surface area contributed by atoms with Crippen molar-refractivity contribution in [2.24, 2.45) is 0 Å². The van der Waals surface area contributed by atoms with Crippen LogP contribution < -0.4 is 0 Å². The quantitative estimate of drug-likeness (QED) is 0.229. The molecular formula is C20H36O4. The van der Waals surface area contributed by atoms with Crippen LogP contribution in [0.15, 0.2) is 12.2 Å². The van der Waals surface area contributed by atoms with E-state index in [1.165, 1.54) is 32.1 Å². The van der Waals surface area contributed by atoms with E-state index in [1.807, 2.05) is 19.1 Å². The molecule has 140 valence electrons. The predicted octanol–water partition coefficient (Wildman–Crippen LogP) is 5.35. The summed E-state index contributed by atoms with van der Waals surface area (Å²) in [5.74, 6) is -0.642. The van der Waals surface area contributed by atoms with Crippen molar-refractivity contribution in [1.82, 2.24) is 0 Å². The van der Waals surface area contributed by atoms with Gasteiger partial charge in [-0.15, -0.1) is 0 Å². The lowest BCUT2D eigenvalue weighted by molar-refractivity contribution is -0.153. The van der Waals surface area contributed by atoms with Crippen molar-refractivity contribution < 1.29 is 19.1 Å². The molecule has 0 saturated carbocycles. The minimum atomic E-state index is -0.333. The third-order valence-corrected chi connectivity index (χ3v) is 3.78. The van der Waals surface area contributed by atoms with Gasteiger partial charge in [0.1, 0.15) is 0 Å². The number of carbonyl (C=O) groups is 2. The summed E-state index contributed by atoms with van der Waals surface area (Å²) in [6, 6.07) is 0. The van der Waals surface area contributed by atoms with Crippen LogP contribution in [0.2, 0.25) is 0 Å². The van der Waals surface area contributed by atoms with Gasteiger partial charge in [0.2, 0.25) is 0 Å². The molecule has 4 nitrogen and oxygen atoms in total. The van der Waals surface area contributed by atoms with Crippen LogP contribution in [0.3, 0.4) is 0 Å². The summed E-state index contributed by atoms with van der Waals surface area (Å²) in [6.07, 6.45) is 14.1. The number of ether oxygens (including phenoxy) is 2. The Morgan fingerprint density at radius 2 is 1.58 bits per heavy atom. The molecule has 0 aliphatic carbocycles. The molecule has 0 spiro atoms. The Hall–Kier alpha value is -1.32. The first-order chi connectivity index (χ1) is 11.6. The second kappa shape index (κ2) is 16.5. The van der Waals surface area contributed by atoms with E-state index < -0.39 is 0 Å². The van der Waals surface area contributed by atoms with Crippen LogP contribution in [0.25, 0.3) is 0 Å². The molecular weight excluding hydrogens is 304 g/mol. The van der Waals surface area contributed by atoms with E-state index >= 15 is 0 Å². The van der Waals surface area contributed by atoms with Gasteiger partial charge in [0, 0.05) is 0 Å². The summed E-state index contributed by atoms with van der Waals surface area (Å²) in [5.41, 5.74) is 0. The Bertz CT molecular complexity index is 350. The molecule has 1 atom stereocenters. The maximum absolute atomic E-state index is 11.7. The topological polar surface area (TPSA) is 52.6 Å². The molecule has 0 bridgehead atoms. The van der Waals surface area contributed by atoms with Gasteiger partial charge in [0.15, 0.2) is 0 Å². The monoisotopic (exact) mass is 340 g/mol. The van der Waals surface area contributed by atoms with Gasteiger partial charge >= 0.3 is 11.9 Å². The van der Waals surface area contributed by atoms with Crippen molar-refractivity contribution in [3.05, 3.63) is 12.2 Å². The van der Waals surface area contributed by atoms with Crippen molar-refractivity contribution in [3.8, 4) is 0 Å². The molecule has 0 radical (unpaired) electrons. The lowest BCUT2D eigenvalue weighted by Crippen LogP contribution is -2.16. The van der Waals surface area contributed by atoms with Crippen LogP contribution in [0, 0.1) is 0 Å². The van der Waals surface area contributed by atoms with Crippen LogP contribution >= 0.6 is 0 Å². The van der Waals surface area contributed by atoms with Crippen molar-refractivity contribution in [3.63, 3.8) is 0 Å². The van der Waals surface area contributed by atoms with E-state index in [2.05, 4.69) is 13.8 Å². The van der Waals surface area contributed by atoms with E-state index in [-0.39, 0.29) is 30.9 Å². The maximum atomic E-state index is 11.7. The summed E-state index contributed by atoms with van der Waals surface area (Å²) >= 11 is 0. The fourth-order valence-corrected chi connectivity index (χ4v) is 2.36. The first-order valence-electron chi connectivity index (χ1n) is 9.60. The molecule has 0 N–H and O–H groups in total. The average Bonchev–Trinajstić information content (AvgIpc) is 2.56. The Kier molecular flexibility index (Phi) is 15.6. The summed E-state index contributed by atoms with van der Waals surface area (Å²) < 4.78 is 10.4. The second-order valence-corrected chi connectivity index (χ2v) is 6.25. The average molecular weight is 341 g/mol. The molecule has 0 rings (SSSR count). The van der Waals surface area contributed by atoms with E-state index in [4.69, 9.17) is 9.47 Å². The molecule has 1 unspecified atom stereocenters. The summed E-state index contributed by atoms with van der Waals surface area (Å²) in [6.45, 7) is 6.56. The lowest BCUT2D eigenvalue weighted by atomic mass is 10.1. The minimum Gasteiger partial charge on any atom is -0.465 e.